The van der Waals surface area contributed by atoms with Gasteiger partial charge < -0.3 is 4.74 Å². The fourth-order valence-corrected chi connectivity index (χ4v) is 3.17. The van der Waals surface area contributed by atoms with Crippen LogP contribution < -0.4 is 4.74 Å². The van der Waals surface area contributed by atoms with Crippen molar-refractivity contribution in [3.05, 3.63) is 106 Å². The van der Waals surface area contributed by atoms with Gasteiger partial charge in [0.05, 0.1) is 0 Å². The van der Waals surface area contributed by atoms with Crippen molar-refractivity contribution in [2.75, 3.05) is 0 Å². The van der Waals surface area contributed by atoms with Gasteiger partial charge in [-0.3, -0.25) is 0 Å². The van der Waals surface area contributed by atoms with Gasteiger partial charge >= 0.3 is 0 Å². The van der Waals surface area contributed by atoms with Crippen molar-refractivity contribution in [2.45, 2.75) is 12.8 Å². The van der Waals surface area contributed by atoms with Crippen LogP contribution in [0.4, 0.5) is 0 Å². The molecule has 0 aromatic heterocycles. The molecule has 3 aromatic carbocycles. The number of rotatable bonds is 2. The average molecular weight is 333 g/mol. The van der Waals surface area contributed by atoms with Crippen molar-refractivity contribution >= 4 is 17.4 Å². The Balaban J connectivity index is 1.82. The van der Waals surface area contributed by atoms with E-state index < -0.39 is 0 Å². The van der Waals surface area contributed by atoms with E-state index in [0.717, 1.165) is 22.1 Å². The first kappa shape index (κ1) is 15.0. The first-order valence-corrected chi connectivity index (χ1v) is 8.39. The zero-order chi connectivity index (χ0) is 16.5. The highest BCUT2D eigenvalue weighted by molar-refractivity contribution is 6.30. The quantitative estimate of drug-likeness (QED) is 0.541. The number of para-hydroxylation sites is 1. The zero-order valence-electron chi connectivity index (χ0n) is 13.4. The Bertz CT molecular complexity index is 892. The van der Waals surface area contributed by atoms with Crippen molar-refractivity contribution in [1.29, 1.82) is 0 Å². The van der Waals surface area contributed by atoms with Crippen molar-refractivity contribution < 1.29 is 4.74 Å². The van der Waals surface area contributed by atoms with Crippen LogP contribution in [0.25, 0.3) is 5.76 Å². The second-order valence-electron chi connectivity index (χ2n) is 6.07. The summed E-state index contributed by atoms with van der Waals surface area (Å²) in [6.07, 6.45) is 2.19. The Morgan fingerprint density at radius 2 is 1.54 bits per heavy atom. The number of halogens is 1. The molecule has 0 saturated heterocycles. The molecule has 0 amide bonds. The highest BCUT2D eigenvalue weighted by Gasteiger charge is 2.23. The Morgan fingerprint density at radius 3 is 2.29 bits per heavy atom. The van der Waals surface area contributed by atoms with E-state index >= 15 is 0 Å². The molecule has 24 heavy (non-hydrogen) atoms. The fourth-order valence-electron chi connectivity index (χ4n) is 3.04. The number of aryl methyl sites for hydroxylation is 1. The molecule has 1 aliphatic rings. The number of allylic oxidation sites excluding steroid dienone is 1. The van der Waals surface area contributed by atoms with Gasteiger partial charge in [-0.05, 0) is 36.8 Å². The van der Waals surface area contributed by atoms with Gasteiger partial charge in [0.2, 0.25) is 0 Å². The molecule has 118 valence electrons. The summed E-state index contributed by atoms with van der Waals surface area (Å²) in [4.78, 5) is 0. The molecule has 0 bridgehead atoms. The molecule has 0 N–H and O–H groups in total. The second kappa shape index (κ2) is 6.18. The van der Waals surface area contributed by atoms with Crippen LogP contribution in [0.5, 0.6) is 5.75 Å². The number of ether oxygens (including phenoxy) is 1. The highest BCUT2D eigenvalue weighted by Crippen LogP contribution is 2.40. The van der Waals surface area contributed by atoms with Gasteiger partial charge in [0, 0.05) is 22.1 Å². The molecule has 1 heterocycles. The Morgan fingerprint density at radius 1 is 0.833 bits per heavy atom. The molecular weight excluding hydrogens is 316 g/mol. The third kappa shape index (κ3) is 2.83. The van der Waals surface area contributed by atoms with Gasteiger partial charge in [-0.2, -0.15) is 0 Å². The Labute approximate surface area is 147 Å². The van der Waals surface area contributed by atoms with Gasteiger partial charge in [-0.1, -0.05) is 71.8 Å². The molecule has 3 aromatic rings. The van der Waals surface area contributed by atoms with Crippen LogP contribution in [0, 0.1) is 6.92 Å². The molecule has 2 heteroatoms. The second-order valence-corrected chi connectivity index (χ2v) is 6.50. The maximum absolute atomic E-state index is 6.17. The summed E-state index contributed by atoms with van der Waals surface area (Å²) >= 11 is 6.05. The summed E-state index contributed by atoms with van der Waals surface area (Å²) in [6.45, 7) is 2.09. The first-order valence-electron chi connectivity index (χ1n) is 8.02. The van der Waals surface area contributed by atoms with Crippen LogP contribution in [0.15, 0.2) is 78.9 Å². The predicted molar refractivity (Wildman–Crippen MR) is 99.5 cm³/mol. The molecule has 0 aliphatic carbocycles. The van der Waals surface area contributed by atoms with Crippen molar-refractivity contribution in [3.8, 4) is 5.75 Å². The highest BCUT2D eigenvalue weighted by atomic mass is 35.5. The van der Waals surface area contributed by atoms with Crippen LogP contribution in [0.1, 0.15) is 28.2 Å². The molecule has 1 nitrogen and oxygen atoms in total. The van der Waals surface area contributed by atoms with E-state index in [1.54, 1.807) is 0 Å². The minimum absolute atomic E-state index is 0.156. The number of hydrogen-bond acceptors (Lipinski definition) is 1. The van der Waals surface area contributed by atoms with E-state index in [2.05, 4.69) is 61.5 Å². The van der Waals surface area contributed by atoms with Crippen molar-refractivity contribution in [2.24, 2.45) is 0 Å². The standard InChI is InChI=1S/C22H17ClO/c1-15-6-8-17(9-7-15)22-14-20(16-10-12-18(23)13-11-16)19-4-2-3-5-21(19)24-22/h2-14,20H,1H3. The third-order valence-electron chi connectivity index (χ3n) is 4.36. The smallest absolute Gasteiger partial charge is 0.131 e. The van der Waals surface area contributed by atoms with E-state index in [0.29, 0.717) is 0 Å². The summed E-state index contributed by atoms with van der Waals surface area (Å²) in [5.74, 6) is 1.97. The summed E-state index contributed by atoms with van der Waals surface area (Å²) in [7, 11) is 0. The summed E-state index contributed by atoms with van der Waals surface area (Å²) < 4.78 is 6.17. The fraction of sp³-hybridized carbons (Fsp3) is 0.0909. The van der Waals surface area contributed by atoms with E-state index in [1.807, 2.05) is 24.3 Å². The molecular formula is C22H17ClO. The van der Waals surface area contributed by atoms with Gasteiger partial charge in [-0.15, -0.1) is 0 Å². The lowest BCUT2D eigenvalue weighted by Crippen LogP contribution is -2.10. The van der Waals surface area contributed by atoms with Crippen LogP contribution >= 0.6 is 11.6 Å². The molecule has 1 atom stereocenters. The SMILES string of the molecule is Cc1ccc(C2=CC(c3ccc(Cl)cc3)c3ccccc3O2)cc1. The lowest BCUT2D eigenvalue weighted by Gasteiger charge is -2.25. The van der Waals surface area contributed by atoms with Gasteiger partial charge in [0.1, 0.15) is 11.5 Å². The molecule has 1 unspecified atom stereocenters. The van der Waals surface area contributed by atoms with E-state index in [1.165, 1.54) is 16.7 Å². The van der Waals surface area contributed by atoms with Crippen LogP contribution in [-0.4, -0.2) is 0 Å². The van der Waals surface area contributed by atoms with Gasteiger partial charge in [0.15, 0.2) is 0 Å². The lowest BCUT2D eigenvalue weighted by molar-refractivity contribution is 0.492. The third-order valence-corrected chi connectivity index (χ3v) is 4.61. The molecule has 0 radical (unpaired) electrons. The zero-order valence-corrected chi connectivity index (χ0v) is 14.1. The summed E-state index contributed by atoms with van der Waals surface area (Å²) in [5, 5.41) is 0.752. The van der Waals surface area contributed by atoms with Gasteiger partial charge in [-0.25, -0.2) is 0 Å². The minimum Gasteiger partial charge on any atom is -0.457 e. The summed E-state index contributed by atoms with van der Waals surface area (Å²) in [6, 6.07) is 24.7. The molecule has 1 aliphatic heterocycles. The molecule has 0 fully saturated rings. The van der Waals surface area contributed by atoms with Crippen molar-refractivity contribution in [1.82, 2.24) is 0 Å². The average Bonchev–Trinajstić information content (AvgIpc) is 2.62. The first-order chi connectivity index (χ1) is 11.7. The maximum atomic E-state index is 6.17. The predicted octanol–water partition coefficient (Wildman–Crippen LogP) is 6.21. The molecule has 0 spiro atoms. The topological polar surface area (TPSA) is 9.23 Å². The molecule has 0 saturated carbocycles. The van der Waals surface area contributed by atoms with Crippen LogP contribution in [0.2, 0.25) is 5.02 Å². The van der Waals surface area contributed by atoms with Crippen LogP contribution in [0.3, 0.4) is 0 Å². The minimum atomic E-state index is 0.156. The number of fused-ring (bicyclic) bond motifs is 1. The Hall–Kier alpha value is -2.51. The summed E-state index contributed by atoms with van der Waals surface area (Å²) in [5.41, 5.74) is 4.72. The van der Waals surface area contributed by atoms with E-state index in [4.69, 9.17) is 16.3 Å². The van der Waals surface area contributed by atoms with E-state index in [9.17, 15) is 0 Å². The number of benzene rings is 3. The van der Waals surface area contributed by atoms with Crippen LogP contribution in [-0.2, 0) is 0 Å². The largest absolute Gasteiger partial charge is 0.457 e. The lowest BCUT2D eigenvalue weighted by atomic mass is 9.88. The van der Waals surface area contributed by atoms with Crippen molar-refractivity contribution in [3.63, 3.8) is 0 Å². The Kier molecular flexibility index (Phi) is 3.87. The maximum Gasteiger partial charge on any atom is 0.131 e. The molecule has 4 rings (SSSR count). The van der Waals surface area contributed by atoms with E-state index in [-0.39, 0.29) is 5.92 Å². The monoisotopic (exact) mass is 332 g/mol. The van der Waals surface area contributed by atoms with Gasteiger partial charge in [0.25, 0.3) is 0 Å². The number of hydrogen-bond donors (Lipinski definition) is 0. The normalized spacial score (nSPS) is 16.1.